The fourth-order valence-corrected chi connectivity index (χ4v) is 2.50. The number of piperidine rings is 1. The van der Waals surface area contributed by atoms with Gasteiger partial charge in [-0.1, -0.05) is 12.1 Å². The number of rotatable bonds is 4. The lowest BCUT2D eigenvalue weighted by molar-refractivity contribution is -0.126. The summed E-state index contributed by atoms with van der Waals surface area (Å²) in [7, 11) is 0. The molecule has 0 saturated carbocycles. The normalized spacial score (nSPS) is 17.0. The zero-order chi connectivity index (χ0) is 15.2. The van der Waals surface area contributed by atoms with Crippen LogP contribution in [0.5, 0.6) is 0 Å². The zero-order valence-corrected chi connectivity index (χ0v) is 12.2. The minimum absolute atomic E-state index is 0.0602. The van der Waals surface area contributed by atoms with Crippen molar-refractivity contribution in [2.24, 2.45) is 11.7 Å². The van der Waals surface area contributed by atoms with E-state index in [1.807, 2.05) is 19.1 Å². The molecule has 2 rings (SSSR count). The molecule has 1 fully saturated rings. The van der Waals surface area contributed by atoms with E-state index >= 15 is 0 Å². The smallest absolute Gasteiger partial charge is 0.316 e. The van der Waals surface area contributed by atoms with Crippen LogP contribution in [-0.2, 0) is 4.79 Å². The fourth-order valence-electron chi connectivity index (χ4n) is 2.50. The van der Waals surface area contributed by atoms with Crippen LogP contribution in [0.4, 0.5) is 10.5 Å². The Bertz CT molecular complexity index is 495. The summed E-state index contributed by atoms with van der Waals surface area (Å²) in [6, 6.07) is 6.64. The first-order valence-electron chi connectivity index (χ1n) is 7.24. The molecule has 0 spiro atoms. The van der Waals surface area contributed by atoms with E-state index in [1.54, 1.807) is 12.1 Å². The number of primary amides is 1. The van der Waals surface area contributed by atoms with E-state index in [9.17, 15) is 9.59 Å². The molecule has 5 N–H and O–H groups in total. The van der Waals surface area contributed by atoms with Crippen molar-refractivity contribution in [3.63, 3.8) is 0 Å². The highest BCUT2D eigenvalue weighted by Gasteiger charge is 2.22. The van der Waals surface area contributed by atoms with Gasteiger partial charge in [0.1, 0.15) is 0 Å². The van der Waals surface area contributed by atoms with Crippen molar-refractivity contribution in [1.29, 1.82) is 0 Å². The SMILES string of the molecule is CC(NC(=O)C1CCNCC1)c1ccc(NC(N)=O)cc1. The lowest BCUT2D eigenvalue weighted by Gasteiger charge is -2.24. The number of hydrogen-bond acceptors (Lipinski definition) is 3. The molecule has 1 atom stereocenters. The number of amides is 3. The number of anilines is 1. The molecule has 1 aromatic carbocycles. The van der Waals surface area contributed by atoms with Crippen LogP contribution in [-0.4, -0.2) is 25.0 Å². The van der Waals surface area contributed by atoms with Crippen LogP contribution in [0.25, 0.3) is 0 Å². The molecule has 1 unspecified atom stereocenters. The van der Waals surface area contributed by atoms with Crippen molar-refractivity contribution in [3.05, 3.63) is 29.8 Å². The molecule has 1 saturated heterocycles. The maximum Gasteiger partial charge on any atom is 0.316 e. The van der Waals surface area contributed by atoms with Crippen LogP contribution >= 0.6 is 0 Å². The van der Waals surface area contributed by atoms with Gasteiger partial charge in [-0.2, -0.15) is 0 Å². The van der Waals surface area contributed by atoms with E-state index in [1.165, 1.54) is 0 Å². The molecule has 0 bridgehead atoms. The van der Waals surface area contributed by atoms with Crippen molar-refractivity contribution >= 4 is 17.6 Å². The second-order valence-electron chi connectivity index (χ2n) is 5.37. The Morgan fingerprint density at radius 1 is 1.24 bits per heavy atom. The van der Waals surface area contributed by atoms with Gasteiger partial charge in [-0.15, -0.1) is 0 Å². The van der Waals surface area contributed by atoms with Crippen molar-refractivity contribution in [1.82, 2.24) is 10.6 Å². The molecule has 1 aliphatic heterocycles. The first-order chi connectivity index (χ1) is 10.1. The van der Waals surface area contributed by atoms with E-state index < -0.39 is 6.03 Å². The minimum atomic E-state index is -0.588. The van der Waals surface area contributed by atoms with E-state index in [2.05, 4.69) is 16.0 Å². The first-order valence-corrected chi connectivity index (χ1v) is 7.24. The van der Waals surface area contributed by atoms with Crippen LogP contribution in [0.3, 0.4) is 0 Å². The molecule has 3 amide bonds. The third kappa shape index (κ3) is 4.46. The van der Waals surface area contributed by atoms with Crippen LogP contribution in [0.2, 0.25) is 0 Å². The number of carbonyl (C=O) groups excluding carboxylic acids is 2. The molecule has 114 valence electrons. The molecular weight excluding hydrogens is 268 g/mol. The Hall–Kier alpha value is -2.08. The van der Waals surface area contributed by atoms with Crippen molar-refractivity contribution in [2.75, 3.05) is 18.4 Å². The van der Waals surface area contributed by atoms with E-state index in [0.29, 0.717) is 5.69 Å². The summed E-state index contributed by atoms with van der Waals surface area (Å²) in [6.45, 7) is 3.76. The van der Waals surface area contributed by atoms with Gasteiger partial charge in [0.2, 0.25) is 5.91 Å². The summed E-state index contributed by atoms with van der Waals surface area (Å²) in [4.78, 5) is 22.9. The molecule has 21 heavy (non-hydrogen) atoms. The van der Waals surface area contributed by atoms with Gasteiger partial charge in [0.15, 0.2) is 0 Å². The summed E-state index contributed by atoms with van der Waals surface area (Å²) in [6.07, 6.45) is 1.78. The Morgan fingerprint density at radius 2 is 1.86 bits per heavy atom. The number of nitrogens with one attached hydrogen (secondary N) is 3. The van der Waals surface area contributed by atoms with Crippen molar-refractivity contribution < 1.29 is 9.59 Å². The van der Waals surface area contributed by atoms with Gasteiger partial charge in [0.25, 0.3) is 0 Å². The van der Waals surface area contributed by atoms with Crippen molar-refractivity contribution in [2.45, 2.75) is 25.8 Å². The zero-order valence-electron chi connectivity index (χ0n) is 12.2. The number of carbonyl (C=O) groups is 2. The molecular formula is C15H22N4O2. The first kappa shape index (κ1) is 15.3. The summed E-state index contributed by atoms with van der Waals surface area (Å²) in [5.41, 5.74) is 6.69. The van der Waals surface area contributed by atoms with Gasteiger partial charge in [-0.3, -0.25) is 4.79 Å². The lowest BCUT2D eigenvalue weighted by Crippen LogP contribution is -2.39. The van der Waals surface area contributed by atoms with Crippen LogP contribution < -0.4 is 21.7 Å². The van der Waals surface area contributed by atoms with Gasteiger partial charge in [0.05, 0.1) is 6.04 Å². The van der Waals surface area contributed by atoms with Gasteiger partial charge in [-0.05, 0) is 50.6 Å². The van der Waals surface area contributed by atoms with Gasteiger partial charge < -0.3 is 21.7 Å². The van der Waals surface area contributed by atoms with Crippen LogP contribution in [0, 0.1) is 5.92 Å². The number of urea groups is 1. The maximum absolute atomic E-state index is 12.2. The Kier molecular flexibility index (Phi) is 5.16. The third-order valence-electron chi connectivity index (χ3n) is 3.75. The Labute approximate surface area is 124 Å². The average molecular weight is 290 g/mol. The highest BCUT2D eigenvalue weighted by atomic mass is 16.2. The molecule has 6 heteroatoms. The van der Waals surface area contributed by atoms with Gasteiger partial charge in [0, 0.05) is 11.6 Å². The van der Waals surface area contributed by atoms with Gasteiger partial charge >= 0.3 is 6.03 Å². The summed E-state index contributed by atoms with van der Waals surface area (Å²) in [5, 5.41) is 8.81. The predicted octanol–water partition coefficient (Wildman–Crippen LogP) is 1.35. The average Bonchev–Trinajstić information content (AvgIpc) is 2.48. The Balaban J connectivity index is 1.91. The Morgan fingerprint density at radius 3 is 2.43 bits per heavy atom. The van der Waals surface area contributed by atoms with Gasteiger partial charge in [-0.25, -0.2) is 4.79 Å². The second-order valence-corrected chi connectivity index (χ2v) is 5.37. The standard InChI is InChI=1S/C15H22N4O2/c1-10(18-14(20)12-6-8-17-9-7-12)11-2-4-13(5-3-11)19-15(16)21/h2-5,10,12,17H,6-9H2,1H3,(H,18,20)(H3,16,19,21). The summed E-state index contributed by atoms with van der Waals surface area (Å²) >= 11 is 0. The second kappa shape index (κ2) is 7.08. The quantitative estimate of drug-likeness (QED) is 0.674. The molecule has 0 aliphatic carbocycles. The topological polar surface area (TPSA) is 96.2 Å². The largest absolute Gasteiger partial charge is 0.351 e. The molecule has 0 aromatic heterocycles. The van der Waals surface area contributed by atoms with Crippen LogP contribution in [0.1, 0.15) is 31.4 Å². The monoisotopic (exact) mass is 290 g/mol. The summed E-state index contributed by atoms with van der Waals surface area (Å²) in [5.74, 6) is 0.216. The highest BCUT2D eigenvalue weighted by Crippen LogP contribution is 2.18. The maximum atomic E-state index is 12.2. The van der Waals surface area contributed by atoms with E-state index in [4.69, 9.17) is 5.73 Å². The molecule has 1 aromatic rings. The molecule has 1 aliphatic rings. The van der Waals surface area contributed by atoms with Crippen LogP contribution in [0.15, 0.2) is 24.3 Å². The van der Waals surface area contributed by atoms with E-state index in [0.717, 1.165) is 31.5 Å². The summed E-state index contributed by atoms with van der Waals surface area (Å²) < 4.78 is 0. The third-order valence-corrected chi connectivity index (χ3v) is 3.75. The molecule has 1 heterocycles. The molecule has 6 nitrogen and oxygen atoms in total. The van der Waals surface area contributed by atoms with Crippen molar-refractivity contribution in [3.8, 4) is 0 Å². The number of hydrogen-bond donors (Lipinski definition) is 4. The predicted molar refractivity (Wildman–Crippen MR) is 81.8 cm³/mol. The number of benzene rings is 1. The molecule has 0 radical (unpaired) electrons. The van der Waals surface area contributed by atoms with E-state index in [-0.39, 0.29) is 17.9 Å². The highest BCUT2D eigenvalue weighted by molar-refractivity contribution is 5.87. The lowest BCUT2D eigenvalue weighted by atomic mass is 9.96. The number of nitrogens with two attached hydrogens (primary N) is 1. The fraction of sp³-hybridized carbons (Fsp3) is 0.467. The minimum Gasteiger partial charge on any atom is -0.351 e.